The third-order valence-corrected chi connectivity index (χ3v) is 4.63. The van der Waals surface area contributed by atoms with Gasteiger partial charge in [-0.3, -0.25) is 9.89 Å². The minimum atomic E-state index is -4.15. The highest BCUT2D eigenvalue weighted by Gasteiger charge is 2.34. The van der Waals surface area contributed by atoms with Gasteiger partial charge < -0.3 is 20.1 Å². The molecule has 0 bridgehead atoms. The van der Waals surface area contributed by atoms with Crippen molar-refractivity contribution in [2.24, 2.45) is 10.9 Å². The van der Waals surface area contributed by atoms with Crippen LogP contribution < -0.4 is 20.1 Å². The van der Waals surface area contributed by atoms with Gasteiger partial charge in [0.15, 0.2) is 17.5 Å². The van der Waals surface area contributed by atoms with E-state index in [0.29, 0.717) is 51.1 Å². The zero-order valence-corrected chi connectivity index (χ0v) is 18.8. The average molecular weight is 528 g/mol. The highest BCUT2D eigenvalue weighted by molar-refractivity contribution is 14.0. The van der Waals surface area contributed by atoms with Crippen LogP contribution in [0.4, 0.5) is 18.9 Å². The van der Waals surface area contributed by atoms with Gasteiger partial charge in [0.05, 0.1) is 19.8 Å². The number of fused-ring (bicyclic) bond motifs is 1. The molecule has 2 N–H and O–H groups in total. The Bertz CT molecular complexity index is 688. The number of guanidine groups is 1. The molecule has 1 atom stereocenters. The van der Waals surface area contributed by atoms with E-state index in [9.17, 15) is 13.2 Å². The van der Waals surface area contributed by atoms with E-state index in [1.54, 1.807) is 0 Å². The Hall–Kier alpha value is -1.43. The van der Waals surface area contributed by atoms with Crippen LogP contribution in [0.15, 0.2) is 23.2 Å². The van der Waals surface area contributed by atoms with E-state index in [1.165, 1.54) is 4.90 Å². The van der Waals surface area contributed by atoms with Crippen molar-refractivity contribution in [3.63, 3.8) is 0 Å². The third kappa shape index (κ3) is 7.72. The maximum atomic E-state index is 12.5. The summed E-state index contributed by atoms with van der Waals surface area (Å²) in [7, 11) is 0. The minimum Gasteiger partial charge on any atom is -0.490 e. The molecule has 164 valence electrons. The van der Waals surface area contributed by atoms with Gasteiger partial charge >= 0.3 is 6.18 Å². The summed E-state index contributed by atoms with van der Waals surface area (Å²) >= 11 is 0. The molecule has 0 radical (unpaired) electrons. The number of nitrogens with one attached hydrogen (secondary N) is 2. The van der Waals surface area contributed by atoms with Crippen LogP contribution >= 0.6 is 24.0 Å². The molecule has 1 aromatic rings. The molecule has 1 aromatic carbocycles. The minimum absolute atomic E-state index is 0. The first-order valence-corrected chi connectivity index (χ1v) is 9.67. The highest BCUT2D eigenvalue weighted by Crippen LogP contribution is 2.32. The number of hydrogen-bond acceptors (Lipinski definition) is 4. The Morgan fingerprint density at radius 2 is 2.00 bits per heavy atom. The van der Waals surface area contributed by atoms with Gasteiger partial charge in [-0.1, -0.05) is 0 Å². The number of ether oxygens (including phenoxy) is 2. The number of hydrogen-bond donors (Lipinski definition) is 2. The summed E-state index contributed by atoms with van der Waals surface area (Å²) in [5.41, 5.74) is 0.814. The molecule has 3 rings (SSSR count). The molecule has 1 fully saturated rings. The maximum absolute atomic E-state index is 12.5. The van der Waals surface area contributed by atoms with Crippen LogP contribution in [-0.2, 0) is 0 Å². The molecular formula is C19H28F3IN4O2. The van der Waals surface area contributed by atoms with Gasteiger partial charge in [-0.25, -0.2) is 0 Å². The van der Waals surface area contributed by atoms with Crippen molar-refractivity contribution in [2.45, 2.75) is 25.9 Å². The van der Waals surface area contributed by atoms with Crippen LogP contribution in [0.5, 0.6) is 11.5 Å². The van der Waals surface area contributed by atoms with Crippen LogP contribution in [0, 0.1) is 5.92 Å². The molecule has 0 spiro atoms. The number of aliphatic imine (C=N–C) groups is 1. The van der Waals surface area contributed by atoms with E-state index < -0.39 is 12.7 Å². The highest BCUT2D eigenvalue weighted by atomic mass is 127. The Kier molecular flexibility index (Phi) is 9.12. The second-order valence-corrected chi connectivity index (χ2v) is 7.06. The average Bonchev–Trinajstić information content (AvgIpc) is 2.93. The second-order valence-electron chi connectivity index (χ2n) is 7.06. The van der Waals surface area contributed by atoms with E-state index in [-0.39, 0.29) is 29.9 Å². The van der Waals surface area contributed by atoms with Crippen molar-refractivity contribution >= 4 is 35.6 Å². The molecule has 0 saturated carbocycles. The van der Waals surface area contributed by atoms with Gasteiger partial charge in [0, 0.05) is 37.8 Å². The predicted molar refractivity (Wildman–Crippen MR) is 118 cm³/mol. The van der Waals surface area contributed by atoms with Crippen LogP contribution in [0.25, 0.3) is 0 Å². The van der Waals surface area contributed by atoms with Crippen molar-refractivity contribution < 1.29 is 22.6 Å². The lowest BCUT2D eigenvalue weighted by atomic mass is 10.1. The fraction of sp³-hybridized carbons (Fsp3) is 0.632. The normalized spacial score (nSPS) is 20.0. The van der Waals surface area contributed by atoms with Crippen molar-refractivity contribution in [1.82, 2.24) is 10.2 Å². The summed E-state index contributed by atoms with van der Waals surface area (Å²) in [5, 5.41) is 6.40. The van der Waals surface area contributed by atoms with E-state index >= 15 is 0 Å². The van der Waals surface area contributed by atoms with E-state index in [1.807, 2.05) is 25.1 Å². The fourth-order valence-electron chi connectivity index (χ4n) is 3.36. The van der Waals surface area contributed by atoms with Crippen LogP contribution in [0.3, 0.4) is 0 Å². The molecule has 2 aliphatic rings. The van der Waals surface area contributed by atoms with Crippen LogP contribution in [-0.4, -0.2) is 63.0 Å². The molecule has 6 nitrogen and oxygen atoms in total. The first-order valence-electron chi connectivity index (χ1n) is 9.67. The second kappa shape index (κ2) is 11.1. The van der Waals surface area contributed by atoms with Gasteiger partial charge in [-0.15, -0.1) is 24.0 Å². The zero-order chi connectivity index (χ0) is 20.0. The van der Waals surface area contributed by atoms with E-state index in [0.717, 1.165) is 24.3 Å². The molecule has 2 aliphatic heterocycles. The Morgan fingerprint density at radius 1 is 1.24 bits per heavy atom. The number of likely N-dealkylation sites (tertiary alicyclic amines) is 1. The maximum Gasteiger partial charge on any atom is 0.401 e. The number of rotatable bonds is 5. The summed E-state index contributed by atoms with van der Waals surface area (Å²) < 4.78 is 48.9. The standard InChI is InChI=1S/C19H27F3N4O2.HI/c1-2-23-18(24-11-14-6-7-26(12-14)13-19(20,21)22)25-15-4-5-16-17(10-15)28-9-3-8-27-16;/h4-5,10,14H,2-3,6-9,11-13H2,1H3,(H2,23,24,25);1H. The predicted octanol–water partition coefficient (Wildman–Crippen LogP) is 3.73. The molecular weight excluding hydrogens is 500 g/mol. The smallest absolute Gasteiger partial charge is 0.401 e. The van der Waals surface area contributed by atoms with Gasteiger partial charge in [0.2, 0.25) is 0 Å². The van der Waals surface area contributed by atoms with Gasteiger partial charge in [0.25, 0.3) is 0 Å². The summed E-state index contributed by atoms with van der Waals surface area (Å²) in [4.78, 5) is 6.02. The monoisotopic (exact) mass is 528 g/mol. The molecule has 10 heteroatoms. The van der Waals surface area contributed by atoms with Gasteiger partial charge in [-0.05, 0) is 37.9 Å². The summed E-state index contributed by atoms with van der Waals surface area (Å²) in [6.45, 7) is 4.42. The molecule has 0 aliphatic carbocycles. The molecule has 2 heterocycles. The van der Waals surface area contributed by atoms with Crippen LogP contribution in [0.1, 0.15) is 19.8 Å². The number of benzene rings is 1. The quantitative estimate of drug-likeness (QED) is 0.347. The SMILES string of the molecule is CCNC(=NCC1CCN(CC(F)(F)F)C1)Nc1ccc2c(c1)OCCCO2.I. The Morgan fingerprint density at radius 3 is 2.72 bits per heavy atom. The number of anilines is 1. The van der Waals surface area contributed by atoms with E-state index in [4.69, 9.17) is 9.47 Å². The lowest BCUT2D eigenvalue weighted by Crippen LogP contribution is -2.33. The third-order valence-electron chi connectivity index (χ3n) is 4.63. The lowest BCUT2D eigenvalue weighted by molar-refractivity contribution is -0.143. The summed E-state index contributed by atoms with van der Waals surface area (Å²) in [6.07, 6.45) is -2.58. The zero-order valence-electron chi connectivity index (χ0n) is 16.4. The van der Waals surface area contributed by atoms with Gasteiger partial charge in [0.1, 0.15) is 0 Å². The first-order chi connectivity index (χ1) is 13.4. The lowest BCUT2D eigenvalue weighted by Gasteiger charge is -2.17. The molecule has 0 amide bonds. The van der Waals surface area contributed by atoms with Crippen molar-refractivity contribution in [3.05, 3.63) is 18.2 Å². The topological polar surface area (TPSA) is 58.1 Å². The molecule has 1 unspecified atom stereocenters. The molecule has 0 aromatic heterocycles. The Balaban J connectivity index is 0.00000300. The van der Waals surface area contributed by atoms with Crippen LogP contribution in [0.2, 0.25) is 0 Å². The number of halogens is 4. The van der Waals surface area contributed by atoms with E-state index in [2.05, 4.69) is 15.6 Å². The molecule has 1 saturated heterocycles. The van der Waals surface area contributed by atoms with Crippen molar-refractivity contribution in [1.29, 1.82) is 0 Å². The van der Waals surface area contributed by atoms with Gasteiger partial charge in [-0.2, -0.15) is 13.2 Å². The number of nitrogens with zero attached hydrogens (tertiary/aromatic N) is 2. The largest absolute Gasteiger partial charge is 0.490 e. The molecule has 29 heavy (non-hydrogen) atoms. The Labute approximate surface area is 186 Å². The van der Waals surface area contributed by atoms with Crippen molar-refractivity contribution in [2.75, 3.05) is 51.3 Å². The first kappa shape index (κ1) is 23.8. The fourth-order valence-corrected chi connectivity index (χ4v) is 3.36. The number of alkyl halides is 3. The summed E-state index contributed by atoms with van der Waals surface area (Å²) in [6, 6.07) is 5.62. The van der Waals surface area contributed by atoms with Crippen molar-refractivity contribution in [3.8, 4) is 11.5 Å². The summed E-state index contributed by atoms with van der Waals surface area (Å²) in [5.74, 6) is 2.14.